The normalized spacial score (nSPS) is 16.4. The predicted octanol–water partition coefficient (Wildman–Crippen LogP) is 3.81. The summed E-state index contributed by atoms with van der Waals surface area (Å²) in [5.74, 6) is 0.945. The zero-order valence-electron chi connectivity index (χ0n) is 12.8. The average molecular weight is 276 g/mol. The van der Waals surface area contributed by atoms with E-state index in [9.17, 15) is 0 Å². The fourth-order valence-electron chi connectivity index (χ4n) is 2.75. The van der Waals surface area contributed by atoms with Crippen LogP contribution < -0.4 is 15.4 Å². The number of anilines is 1. The first kappa shape index (κ1) is 15.2. The molecule has 0 bridgehead atoms. The Morgan fingerprint density at radius 1 is 1.10 bits per heavy atom. The van der Waals surface area contributed by atoms with Gasteiger partial charge < -0.3 is 15.4 Å². The first-order valence-corrected chi connectivity index (χ1v) is 7.98. The van der Waals surface area contributed by atoms with E-state index in [-0.39, 0.29) is 6.10 Å². The highest BCUT2D eigenvalue weighted by Crippen LogP contribution is 2.24. The summed E-state index contributed by atoms with van der Waals surface area (Å²) >= 11 is 0. The summed E-state index contributed by atoms with van der Waals surface area (Å²) in [6.45, 7) is 6.07. The van der Waals surface area contributed by atoms with Gasteiger partial charge in [-0.2, -0.15) is 0 Å². The Balaban J connectivity index is 1.73. The molecule has 20 heavy (non-hydrogen) atoms. The number of hydrogen-bond acceptors (Lipinski definition) is 3. The minimum absolute atomic E-state index is 0.207. The highest BCUT2D eigenvalue weighted by Gasteiger charge is 2.11. The second kappa shape index (κ2) is 8.15. The maximum atomic E-state index is 5.81. The molecule has 1 aliphatic rings. The van der Waals surface area contributed by atoms with Gasteiger partial charge in [0.05, 0.1) is 11.8 Å². The Kier molecular flexibility index (Phi) is 6.19. The van der Waals surface area contributed by atoms with Crippen molar-refractivity contribution in [2.24, 2.45) is 0 Å². The second-order valence-electron chi connectivity index (χ2n) is 5.88. The van der Waals surface area contributed by atoms with E-state index in [1.165, 1.54) is 32.1 Å². The molecule has 0 aromatic heterocycles. The molecule has 2 N–H and O–H groups in total. The zero-order valence-corrected chi connectivity index (χ0v) is 12.8. The fraction of sp³-hybridized carbons (Fsp3) is 0.647. The Hall–Kier alpha value is -1.22. The Morgan fingerprint density at radius 2 is 1.85 bits per heavy atom. The molecule has 0 radical (unpaired) electrons. The summed E-state index contributed by atoms with van der Waals surface area (Å²) in [5.41, 5.74) is 1.09. The van der Waals surface area contributed by atoms with Gasteiger partial charge >= 0.3 is 0 Å². The molecule has 0 saturated heterocycles. The van der Waals surface area contributed by atoms with E-state index in [0.29, 0.717) is 0 Å². The van der Waals surface area contributed by atoms with Crippen molar-refractivity contribution in [2.75, 3.05) is 18.4 Å². The van der Waals surface area contributed by atoms with Crippen molar-refractivity contribution in [2.45, 2.75) is 58.1 Å². The van der Waals surface area contributed by atoms with E-state index < -0.39 is 0 Å². The maximum Gasteiger partial charge on any atom is 0.142 e. The van der Waals surface area contributed by atoms with Gasteiger partial charge in [-0.05, 0) is 38.8 Å². The van der Waals surface area contributed by atoms with Gasteiger partial charge in [0.2, 0.25) is 0 Å². The van der Waals surface area contributed by atoms with Crippen LogP contribution in [0, 0.1) is 0 Å². The lowest BCUT2D eigenvalue weighted by Crippen LogP contribution is -2.34. The summed E-state index contributed by atoms with van der Waals surface area (Å²) in [6.07, 6.45) is 7.07. The Morgan fingerprint density at radius 3 is 2.60 bits per heavy atom. The molecule has 0 atom stereocenters. The fourth-order valence-corrected chi connectivity index (χ4v) is 2.75. The van der Waals surface area contributed by atoms with Gasteiger partial charge in [0.15, 0.2) is 0 Å². The number of rotatable bonds is 7. The average Bonchev–Trinajstić information content (AvgIpc) is 2.46. The lowest BCUT2D eigenvalue weighted by molar-refractivity contribution is 0.243. The SMILES string of the molecule is CC(C)Oc1ccccc1NCCNC1CCCCC1. The first-order chi connectivity index (χ1) is 9.75. The number of hydrogen-bond donors (Lipinski definition) is 2. The van der Waals surface area contributed by atoms with E-state index in [4.69, 9.17) is 4.74 Å². The lowest BCUT2D eigenvalue weighted by Gasteiger charge is -2.23. The number of ether oxygens (including phenoxy) is 1. The van der Waals surface area contributed by atoms with Crippen molar-refractivity contribution in [3.63, 3.8) is 0 Å². The van der Waals surface area contributed by atoms with E-state index in [1.54, 1.807) is 0 Å². The molecule has 112 valence electrons. The molecule has 1 aromatic carbocycles. The van der Waals surface area contributed by atoms with Gasteiger partial charge in [-0.1, -0.05) is 31.4 Å². The van der Waals surface area contributed by atoms with Crippen LogP contribution in [0.2, 0.25) is 0 Å². The molecule has 0 heterocycles. The number of nitrogens with one attached hydrogen (secondary N) is 2. The third kappa shape index (κ3) is 5.04. The van der Waals surface area contributed by atoms with Gasteiger partial charge in [0.1, 0.15) is 5.75 Å². The zero-order chi connectivity index (χ0) is 14.2. The van der Waals surface area contributed by atoms with Crippen LogP contribution in [0.5, 0.6) is 5.75 Å². The number of para-hydroxylation sites is 2. The largest absolute Gasteiger partial charge is 0.489 e. The van der Waals surface area contributed by atoms with Crippen LogP contribution in [0.15, 0.2) is 24.3 Å². The van der Waals surface area contributed by atoms with E-state index in [1.807, 2.05) is 18.2 Å². The Bertz CT molecular complexity index is 386. The standard InChI is InChI=1S/C17H28N2O/c1-14(2)20-17-11-7-6-10-16(17)19-13-12-18-15-8-4-3-5-9-15/h6-7,10-11,14-15,18-19H,3-5,8-9,12-13H2,1-2H3. The molecule has 1 fully saturated rings. The van der Waals surface area contributed by atoms with Crippen LogP contribution in [-0.2, 0) is 0 Å². The van der Waals surface area contributed by atoms with E-state index in [2.05, 4.69) is 30.5 Å². The predicted molar refractivity (Wildman–Crippen MR) is 85.6 cm³/mol. The molecule has 3 nitrogen and oxygen atoms in total. The first-order valence-electron chi connectivity index (χ1n) is 7.98. The van der Waals surface area contributed by atoms with Gasteiger partial charge in [-0.25, -0.2) is 0 Å². The maximum absolute atomic E-state index is 5.81. The van der Waals surface area contributed by atoms with Crippen LogP contribution in [0.25, 0.3) is 0 Å². The summed E-state index contributed by atoms with van der Waals surface area (Å²) in [5, 5.41) is 7.12. The van der Waals surface area contributed by atoms with Gasteiger partial charge in [-0.3, -0.25) is 0 Å². The van der Waals surface area contributed by atoms with Crippen molar-refractivity contribution in [1.82, 2.24) is 5.32 Å². The van der Waals surface area contributed by atoms with Crippen molar-refractivity contribution < 1.29 is 4.74 Å². The minimum Gasteiger partial charge on any atom is -0.489 e. The summed E-state index contributed by atoms with van der Waals surface area (Å²) < 4.78 is 5.81. The Labute approximate surface area is 123 Å². The van der Waals surface area contributed by atoms with Crippen LogP contribution in [0.1, 0.15) is 46.0 Å². The second-order valence-corrected chi connectivity index (χ2v) is 5.88. The molecule has 1 saturated carbocycles. The molecular weight excluding hydrogens is 248 g/mol. The smallest absolute Gasteiger partial charge is 0.142 e. The molecule has 2 rings (SSSR count). The molecule has 1 aliphatic carbocycles. The van der Waals surface area contributed by atoms with Crippen molar-refractivity contribution >= 4 is 5.69 Å². The van der Waals surface area contributed by atoms with Crippen LogP contribution in [-0.4, -0.2) is 25.2 Å². The van der Waals surface area contributed by atoms with E-state index in [0.717, 1.165) is 30.6 Å². The molecule has 0 amide bonds. The van der Waals surface area contributed by atoms with Crippen molar-refractivity contribution in [3.05, 3.63) is 24.3 Å². The third-order valence-corrected chi connectivity index (χ3v) is 3.73. The van der Waals surface area contributed by atoms with Gasteiger partial charge in [0.25, 0.3) is 0 Å². The molecule has 0 spiro atoms. The van der Waals surface area contributed by atoms with Gasteiger partial charge in [-0.15, -0.1) is 0 Å². The molecule has 3 heteroatoms. The monoisotopic (exact) mass is 276 g/mol. The van der Waals surface area contributed by atoms with Crippen molar-refractivity contribution in [3.8, 4) is 5.75 Å². The van der Waals surface area contributed by atoms with Crippen LogP contribution in [0.3, 0.4) is 0 Å². The molecule has 0 aliphatic heterocycles. The summed E-state index contributed by atoms with van der Waals surface area (Å²) in [7, 11) is 0. The van der Waals surface area contributed by atoms with Gasteiger partial charge in [0, 0.05) is 19.1 Å². The molecular formula is C17H28N2O. The summed E-state index contributed by atoms with van der Waals surface area (Å²) in [6, 6.07) is 8.90. The quantitative estimate of drug-likeness (QED) is 0.743. The van der Waals surface area contributed by atoms with Crippen LogP contribution in [0.4, 0.5) is 5.69 Å². The third-order valence-electron chi connectivity index (χ3n) is 3.73. The molecule has 1 aromatic rings. The number of benzene rings is 1. The minimum atomic E-state index is 0.207. The van der Waals surface area contributed by atoms with Crippen LogP contribution >= 0.6 is 0 Å². The molecule has 0 unspecified atom stereocenters. The highest BCUT2D eigenvalue weighted by molar-refractivity contribution is 5.56. The summed E-state index contributed by atoms with van der Waals surface area (Å²) in [4.78, 5) is 0. The highest BCUT2D eigenvalue weighted by atomic mass is 16.5. The lowest BCUT2D eigenvalue weighted by atomic mass is 9.95. The van der Waals surface area contributed by atoms with E-state index >= 15 is 0 Å². The topological polar surface area (TPSA) is 33.3 Å². The van der Waals surface area contributed by atoms with Crippen molar-refractivity contribution in [1.29, 1.82) is 0 Å².